The Kier molecular flexibility index (Phi) is 4.95. The van der Waals surface area contributed by atoms with Crippen molar-refractivity contribution in [2.24, 2.45) is 34.5 Å². The van der Waals surface area contributed by atoms with Crippen molar-refractivity contribution < 1.29 is 10.2 Å². The van der Waals surface area contributed by atoms with Gasteiger partial charge < -0.3 is 15.2 Å². The Hall–Kier alpha value is -1.58. The van der Waals surface area contributed by atoms with Crippen LogP contribution < -0.4 is 0 Å². The first-order chi connectivity index (χ1) is 14.7. The minimum absolute atomic E-state index is 0.0499. The molecule has 3 aliphatic carbocycles. The van der Waals surface area contributed by atoms with E-state index in [4.69, 9.17) is 0 Å². The standard InChI is InChI=1S/C28H39NO2/c1-16(2)20-14-24(31)28-23(30)11-10-18(4)27(28,5)13-12-17(3)26(28)25(20)21-15-29-22-9-7-6-8-19(21)22/h6-9,15,17-18,20,23-26,29-31H,1,10-14H2,2-5H3/t17-,18-,20+,23+,24-,25-,26+,27+,28-/m1/s1. The monoisotopic (exact) mass is 421 g/mol. The highest BCUT2D eigenvalue weighted by Crippen LogP contribution is 2.72. The molecule has 9 atom stereocenters. The molecule has 0 amide bonds. The maximum Gasteiger partial charge on any atom is 0.0635 e. The molecule has 1 heterocycles. The highest BCUT2D eigenvalue weighted by Gasteiger charge is 2.70. The number of H-pyrrole nitrogens is 1. The summed E-state index contributed by atoms with van der Waals surface area (Å²) in [5, 5.41) is 24.9. The largest absolute Gasteiger partial charge is 0.392 e. The number of hydrogen-bond donors (Lipinski definition) is 3. The third kappa shape index (κ3) is 2.66. The summed E-state index contributed by atoms with van der Waals surface area (Å²) in [4.78, 5) is 3.51. The molecule has 3 N–H and O–H groups in total. The minimum Gasteiger partial charge on any atom is -0.392 e. The Bertz CT molecular complexity index is 994. The fraction of sp³-hybridized carbons (Fsp3) is 0.643. The van der Waals surface area contributed by atoms with E-state index in [1.165, 1.54) is 16.5 Å². The molecular formula is C28H39NO2. The summed E-state index contributed by atoms with van der Waals surface area (Å²) in [6.07, 6.45) is 6.06. The third-order valence-corrected chi connectivity index (χ3v) is 10.2. The summed E-state index contributed by atoms with van der Waals surface area (Å²) >= 11 is 0. The van der Waals surface area contributed by atoms with Gasteiger partial charge in [-0.1, -0.05) is 51.1 Å². The molecule has 1 aromatic heterocycles. The molecule has 0 aliphatic heterocycles. The first-order valence-electron chi connectivity index (χ1n) is 12.3. The van der Waals surface area contributed by atoms with E-state index in [0.717, 1.165) is 31.3 Å². The zero-order valence-electron chi connectivity index (χ0n) is 19.6. The highest BCUT2D eigenvalue weighted by molar-refractivity contribution is 5.83. The van der Waals surface area contributed by atoms with Gasteiger partial charge in [0.1, 0.15) is 0 Å². The molecule has 3 nitrogen and oxygen atoms in total. The van der Waals surface area contributed by atoms with Crippen LogP contribution in [0.15, 0.2) is 42.6 Å². The summed E-state index contributed by atoms with van der Waals surface area (Å²) in [5.41, 5.74) is 3.16. The number of fused-ring (bicyclic) bond motifs is 1. The van der Waals surface area contributed by atoms with Crippen molar-refractivity contribution in [3.05, 3.63) is 48.2 Å². The smallest absolute Gasteiger partial charge is 0.0635 e. The number of aliphatic hydroxyl groups is 2. The Labute approximate surface area is 187 Å². The lowest BCUT2D eigenvalue weighted by atomic mass is 9.35. The molecule has 3 fully saturated rings. The first-order valence-corrected chi connectivity index (χ1v) is 12.3. The van der Waals surface area contributed by atoms with Crippen molar-refractivity contribution in [1.29, 1.82) is 0 Å². The van der Waals surface area contributed by atoms with Crippen LogP contribution in [0, 0.1) is 34.5 Å². The number of para-hydroxylation sites is 1. The fourth-order valence-electron chi connectivity index (χ4n) is 8.61. The highest BCUT2D eigenvalue weighted by atomic mass is 16.3. The molecule has 31 heavy (non-hydrogen) atoms. The van der Waals surface area contributed by atoms with Crippen LogP contribution in [-0.2, 0) is 0 Å². The SMILES string of the molecule is C=C(C)[C@@H]1C[C@@H](O)[C@]23[C@H]([C@H]1c1c[nH]c4ccccc14)[C@H](C)CC[C@@]2(C)[C@H](C)CC[C@@H]3O. The van der Waals surface area contributed by atoms with Crippen LogP contribution in [-0.4, -0.2) is 27.4 Å². The molecule has 0 unspecified atom stereocenters. The van der Waals surface area contributed by atoms with E-state index in [2.05, 4.69) is 69.7 Å². The lowest BCUT2D eigenvalue weighted by Gasteiger charge is -2.70. The number of aromatic amines is 1. The van der Waals surface area contributed by atoms with E-state index < -0.39 is 17.6 Å². The Balaban J connectivity index is 1.77. The average molecular weight is 422 g/mol. The van der Waals surface area contributed by atoms with Crippen molar-refractivity contribution in [2.75, 3.05) is 0 Å². The number of aliphatic hydroxyl groups excluding tert-OH is 2. The number of allylic oxidation sites excluding steroid dienone is 1. The predicted octanol–water partition coefficient (Wildman–Crippen LogP) is 6.04. The molecule has 1 spiro atoms. The number of hydrogen-bond acceptors (Lipinski definition) is 2. The number of nitrogens with one attached hydrogen (secondary N) is 1. The summed E-state index contributed by atoms with van der Waals surface area (Å²) in [5.74, 6) is 1.66. The van der Waals surface area contributed by atoms with E-state index in [9.17, 15) is 10.2 Å². The van der Waals surface area contributed by atoms with Crippen LogP contribution in [0.1, 0.15) is 71.3 Å². The normalized spacial score (nSPS) is 45.2. The second-order valence-corrected chi connectivity index (χ2v) is 11.4. The van der Waals surface area contributed by atoms with Gasteiger partial charge in [0.2, 0.25) is 0 Å². The van der Waals surface area contributed by atoms with Crippen molar-refractivity contribution in [2.45, 2.75) is 77.9 Å². The summed E-state index contributed by atoms with van der Waals surface area (Å²) in [7, 11) is 0. The van der Waals surface area contributed by atoms with Gasteiger partial charge in [-0.05, 0) is 85.7 Å². The van der Waals surface area contributed by atoms with Gasteiger partial charge in [-0.2, -0.15) is 0 Å². The van der Waals surface area contributed by atoms with Gasteiger partial charge in [-0.15, -0.1) is 0 Å². The van der Waals surface area contributed by atoms with Crippen LogP contribution in [0.5, 0.6) is 0 Å². The molecule has 0 saturated heterocycles. The lowest BCUT2D eigenvalue weighted by Crippen LogP contribution is -2.70. The Morgan fingerprint density at radius 3 is 2.58 bits per heavy atom. The minimum atomic E-state index is -0.494. The first kappa shape index (κ1) is 21.3. The molecule has 2 aromatic rings. The maximum absolute atomic E-state index is 11.9. The number of rotatable bonds is 2. The fourth-order valence-corrected chi connectivity index (χ4v) is 8.61. The number of aromatic nitrogens is 1. The van der Waals surface area contributed by atoms with Crippen molar-refractivity contribution in [3.63, 3.8) is 0 Å². The molecule has 0 bridgehead atoms. The van der Waals surface area contributed by atoms with E-state index in [0.29, 0.717) is 18.3 Å². The van der Waals surface area contributed by atoms with Crippen molar-refractivity contribution in [3.8, 4) is 0 Å². The predicted molar refractivity (Wildman–Crippen MR) is 127 cm³/mol. The summed E-state index contributed by atoms with van der Waals surface area (Å²) in [6.45, 7) is 13.6. The Morgan fingerprint density at radius 1 is 1.10 bits per heavy atom. The molecule has 1 aromatic carbocycles. The van der Waals surface area contributed by atoms with Gasteiger partial charge in [0.15, 0.2) is 0 Å². The van der Waals surface area contributed by atoms with Crippen LogP contribution in [0.2, 0.25) is 0 Å². The third-order valence-electron chi connectivity index (χ3n) is 10.2. The Morgan fingerprint density at radius 2 is 1.84 bits per heavy atom. The molecule has 0 radical (unpaired) electrons. The van der Waals surface area contributed by atoms with Crippen molar-refractivity contribution >= 4 is 10.9 Å². The van der Waals surface area contributed by atoms with Crippen LogP contribution in [0.25, 0.3) is 10.9 Å². The van der Waals surface area contributed by atoms with Gasteiger partial charge in [0.05, 0.1) is 12.2 Å². The number of benzene rings is 1. The zero-order valence-corrected chi connectivity index (χ0v) is 19.6. The molecule has 5 rings (SSSR count). The van der Waals surface area contributed by atoms with E-state index >= 15 is 0 Å². The molecular weight excluding hydrogens is 382 g/mol. The molecule has 3 heteroatoms. The van der Waals surface area contributed by atoms with Gasteiger partial charge in [0, 0.05) is 22.5 Å². The second kappa shape index (κ2) is 7.22. The zero-order chi connectivity index (χ0) is 22.1. The lowest BCUT2D eigenvalue weighted by molar-refractivity contribution is -0.273. The van der Waals surface area contributed by atoms with Gasteiger partial charge >= 0.3 is 0 Å². The van der Waals surface area contributed by atoms with E-state index in [1.807, 2.05) is 0 Å². The van der Waals surface area contributed by atoms with E-state index in [1.54, 1.807) is 0 Å². The van der Waals surface area contributed by atoms with Gasteiger partial charge in [-0.25, -0.2) is 0 Å². The van der Waals surface area contributed by atoms with Crippen molar-refractivity contribution in [1.82, 2.24) is 4.98 Å². The molecule has 3 saturated carbocycles. The second-order valence-electron chi connectivity index (χ2n) is 11.4. The van der Waals surface area contributed by atoms with Crippen LogP contribution in [0.4, 0.5) is 0 Å². The van der Waals surface area contributed by atoms with Crippen LogP contribution >= 0.6 is 0 Å². The average Bonchev–Trinajstić information content (AvgIpc) is 3.17. The van der Waals surface area contributed by atoms with Crippen LogP contribution in [0.3, 0.4) is 0 Å². The summed E-state index contributed by atoms with van der Waals surface area (Å²) in [6, 6.07) is 8.57. The maximum atomic E-state index is 11.9. The summed E-state index contributed by atoms with van der Waals surface area (Å²) < 4.78 is 0. The van der Waals surface area contributed by atoms with Gasteiger partial charge in [0.25, 0.3) is 0 Å². The van der Waals surface area contributed by atoms with Gasteiger partial charge in [-0.3, -0.25) is 0 Å². The molecule has 168 valence electrons. The molecule has 3 aliphatic rings. The van der Waals surface area contributed by atoms with E-state index in [-0.39, 0.29) is 23.2 Å². The topological polar surface area (TPSA) is 56.2 Å². The quantitative estimate of drug-likeness (QED) is 0.518.